The summed E-state index contributed by atoms with van der Waals surface area (Å²) >= 11 is 2.00. The molecule has 2 aromatic rings. The number of nitrogens with zero attached hydrogens (tertiary/aromatic N) is 1. The first-order valence-corrected chi connectivity index (χ1v) is 8.18. The van der Waals surface area contributed by atoms with E-state index in [0.29, 0.717) is 17.0 Å². The van der Waals surface area contributed by atoms with Gasteiger partial charge in [-0.2, -0.15) is 16.9 Å². The van der Waals surface area contributed by atoms with Gasteiger partial charge in [0, 0.05) is 16.7 Å². The number of benzene rings is 1. The first-order valence-electron chi connectivity index (χ1n) is 7.13. The Morgan fingerprint density at radius 1 is 1.45 bits per heavy atom. The molecule has 3 rings (SSSR count). The van der Waals surface area contributed by atoms with E-state index in [4.69, 9.17) is 0 Å². The van der Waals surface area contributed by atoms with E-state index in [9.17, 15) is 4.79 Å². The standard InChI is InChI=1S/C15H19N3OS/c1-2-20-11-8-7-10(9-11)16-15(19)14-12-5-3-4-6-13(12)17-18-14/h3-6,10-11H,2,7-9H2,1H3,(H,16,19)(H,17,18). The average Bonchev–Trinajstić information content (AvgIpc) is 3.06. The van der Waals surface area contributed by atoms with E-state index in [1.54, 1.807) is 0 Å². The number of hydrogen-bond donors (Lipinski definition) is 2. The summed E-state index contributed by atoms with van der Waals surface area (Å²) in [5, 5.41) is 11.8. The van der Waals surface area contributed by atoms with Gasteiger partial charge in [-0.05, 0) is 31.1 Å². The lowest BCUT2D eigenvalue weighted by Gasteiger charge is -2.12. The molecule has 4 nitrogen and oxygen atoms in total. The van der Waals surface area contributed by atoms with Crippen LogP contribution in [0, 0.1) is 0 Å². The summed E-state index contributed by atoms with van der Waals surface area (Å²) in [5.41, 5.74) is 1.41. The number of nitrogens with one attached hydrogen (secondary N) is 2. The monoisotopic (exact) mass is 289 g/mol. The number of H-pyrrole nitrogens is 1. The van der Waals surface area contributed by atoms with Gasteiger partial charge in [-0.15, -0.1) is 0 Å². The van der Waals surface area contributed by atoms with Gasteiger partial charge in [-0.1, -0.05) is 25.1 Å². The third-order valence-corrected chi connectivity index (χ3v) is 5.04. The molecule has 20 heavy (non-hydrogen) atoms. The number of carbonyl (C=O) groups is 1. The Labute approximate surface area is 122 Å². The van der Waals surface area contributed by atoms with Gasteiger partial charge in [0.1, 0.15) is 0 Å². The van der Waals surface area contributed by atoms with Crippen LogP contribution in [-0.4, -0.2) is 33.1 Å². The van der Waals surface area contributed by atoms with Gasteiger partial charge in [0.25, 0.3) is 5.91 Å². The molecule has 5 heteroatoms. The molecule has 1 heterocycles. The molecular weight excluding hydrogens is 270 g/mol. The molecule has 1 aliphatic carbocycles. The maximum absolute atomic E-state index is 12.3. The Balaban J connectivity index is 1.68. The molecule has 0 saturated heterocycles. The summed E-state index contributed by atoms with van der Waals surface area (Å²) in [4.78, 5) is 12.3. The number of aromatic nitrogens is 2. The van der Waals surface area contributed by atoms with Gasteiger partial charge >= 0.3 is 0 Å². The van der Waals surface area contributed by atoms with Crippen LogP contribution in [0.2, 0.25) is 0 Å². The number of para-hydroxylation sites is 1. The molecule has 0 radical (unpaired) electrons. The smallest absolute Gasteiger partial charge is 0.272 e. The first kappa shape index (κ1) is 13.5. The number of aromatic amines is 1. The normalized spacial score (nSPS) is 22.2. The SMILES string of the molecule is CCSC1CCC(NC(=O)c2n[nH]c3ccccc23)C1. The Bertz CT molecular complexity index is 610. The minimum Gasteiger partial charge on any atom is -0.348 e. The molecule has 106 valence electrons. The summed E-state index contributed by atoms with van der Waals surface area (Å²) in [7, 11) is 0. The highest BCUT2D eigenvalue weighted by molar-refractivity contribution is 7.99. The number of carbonyl (C=O) groups excluding carboxylic acids is 1. The predicted molar refractivity (Wildman–Crippen MR) is 83.1 cm³/mol. The molecule has 1 aromatic heterocycles. The van der Waals surface area contributed by atoms with Crippen molar-refractivity contribution in [1.82, 2.24) is 15.5 Å². The quantitative estimate of drug-likeness (QED) is 0.909. The van der Waals surface area contributed by atoms with E-state index >= 15 is 0 Å². The second kappa shape index (κ2) is 5.87. The highest BCUT2D eigenvalue weighted by Crippen LogP contribution is 2.30. The number of amides is 1. The molecule has 1 aliphatic rings. The van der Waals surface area contributed by atoms with E-state index in [0.717, 1.165) is 29.5 Å². The molecule has 2 atom stereocenters. The third kappa shape index (κ3) is 2.68. The van der Waals surface area contributed by atoms with Crippen LogP contribution in [-0.2, 0) is 0 Å². The summed E-state index contributed by atoms with van der Waals surface area (Å²) in [5.74, 6) is 1.09. The van der Waals surface area contributed by atoms with Crippen LogP contribution >= 0.6 is 11.8 Å². The van der Waals surface area contributed by atoms with Crippen molar-refractivity contribution in [3.63, 3.8) is 0 Å². The molecule has 0 bridgehead atoms. The number of rotatable bonds is 4. The highest BCUT2D eigenvalue weighted by atomic mass is 32.2. The van der Waals surface area contributed by atoms with Crippen LogP contribution in [0.5, 0.6) is 0 Å². The fourth-order valence-electron chi connectivity index (χ4n) is 2.85. The van der Waals surface area contributed by atoms with E-state index in [2.05, 4.69) is 22.4 Å². The molecule has 0 aliphatic heterocycles. The van der Waals surface area contributed by atoms with Crippen molar-refractivity contribution in [2.24, 2.45) is 0 Å². The summed E-state index contributed by atoms with van der Waals surface area (Å²) in [6, 6.07) is 8.02. The third-order valence-electron chi connectivity index (χ3n) is 3.81. The van der Waals surface area contributed by atoms with Crippen LogP contribution in [0.4, 0.5) is 0 Å². The molecule has 2 unspecified atom stereocenters. The number of thioether (sulfide) groups is 1. The lowest BCUT2D eigenvalue weighted by Crippen LogP contribution is -2.33. The molecule has 1 fully saturated rings. The zero-order chi connectivity index (χ0) is 13.9. The van der Waals surface area contributed by atoms with Crippen LogP contribution in [0.1, 0.15) is 36.7 Å². The van der Waals surface area contributed by atoms with Crippen molar-refractivity contribution in [1.29, 1.82) is 0 Å². The molecular formula is C15H19N3OS. The van der Waals surface area contributed by atoms with E-state index in [1.165, 1.54) is 6.42 Å². The Hall–Kier alpha value is -1.49. The van der Waals surface area contributed by atoms with Crippen LogP contribution < -0.4 is 5.32 Å². The van der Waals surface area contributed by atoms with E-state index in [-0.39, 0.29) is 5.91 Å². The molecule has 1 aromatic carbocycles. The molecule has 0 spiro atoms. The fourth-order valence-corrected chi connectivity index (χ4v) is 3.99. The van der Waals surface area contributed by atoms with Gasteiger partial charge in [-0.3, -0.25) is 9.89 Å². The van der Waals surface area contributed by atoms with Crippen molar-refractivity contribution < 1.29 is 4.79 Å². The minimum atomic E-state index is -0.0606. The lowest BCUT2D eigenvalue weighted by atomic mass is 10.2. The van der Waals surface area contributed by atoms with Crippen molar-refractivity contribution in [3.05, 3.63) is 30.0 Å². The Morgan fingerprint density at radius 3 is 3.15 bits per heavy atom. The van der Waals surface area contributed by atoms with Gasteiger partial charge in [0.15, 0.2) is 5.69 Å². The summed E-state index contributed by atoms with van der Waals surface area (Å²) in [6.07, 6.45) is 3.35. The minimum absolute atomic E-state index is 0.0606. The topological polar surface area (TPSA) is 57.8 Å². The number of hydrogen-bond acceptors (Lipinski definition) is 3. The lowest BCUT2D eigenvalue weighted by molar-refractivity contribution is 0.0934. The Morgan fingerprint density at radius 2 is 2.30 bits per heavy atom. The zero-order valence-electron chi connectivity index (χ0n) is 11.6. The first-order chi connectivity index (χ1) is 9.78. The van der Waals surface area contributed by atoms with Crippen LogP contribution in [0.15, 0.2) is 24.3 Å². The van der Waals surface area contributed by atoms with Crippen LogP contribution in [0.3, 0.4) is 0 Å². The van der Waals surface area contributed by atoms with Crippen LogP contribution in [0.25, 0.3) is 10.9 Å². The average molecular weight is 289 g/mol. The fraction of sp³-hybridized carbons (Fsp3) is 0.467. The highest BCUT2D eigenvalue weighted by Gasteiger charge is 2.27. The molecule has 2 N–H and O–H groups in total. The van der Waals surface area contributed by atoms with Crippen molar-refractivity contribution in [2.45, 2.75) is 37.5 Å². The largest absolute Gasteiger partial charge is 0.348 e. The second-order valence-electron chi connectivity index (χ2n) is 5.18. The van der Waals surface area contributed by atoms with Gasteiger partial charge in [-0.25, -0.2) is 0 Å². The van der Waals surface area contributed by atoms with Crippen molar-refractivity contribution in [3.8, 4) is 0 Å². The molecule has 1 amide bonds. The van der Waals surface area contributed by atoms with Gasteiger partial charge in [0.2, 0.25) is 0 Å². The van der Waals surface area contributed by atoms with Crippen molar-refractivity contribution >= 4 is 28.6 Å². The van der Waals surface area contributed by atoms with Crippen molar-refractivity contribution in [2.75, 3.05) is 5.75 Å². The summed E-state index contributed by atoms with van der Waals surface area (Å²) < 4.78 is 0. The van der Waals surface area contributed by atoms with E-state index in [1.807, 2.05) is 36.0 Å². The number of fused-ring (bicyclic) bond motifs is 1. The van der Waals surface area contributed by atoms with Gasteiger partial charge < -0.3 is 5.32 Å². The molecule has 1 saturated carbocycles. The maximum atomic E-state index is 12.3. The Kier molecular flexibility index (Phi) is 3.96. The zero-order valence-corrected chi connectivity index (χ0v) is 12.4. The maximum Gasteiger partial charge on any atom is 0.272 e. The second-order valence-corrected chi connectivity index (χ2v) is 6.76. The van der Waals surface area contributed by atoms with Gasteiger partial charge in [0.05, 0.1) is 5.52 Å². The predicted octanol–water partition coefficient (Wildman–Crippen LogP) is 2.97. The van der Waals surface area contributed by atoms with E-state index < -0.39 is 0 Å². The summed E-state index contributed by atoms with van der Waals surface area (Å²) in [6.45, 7) is 2.19.